The Hall–Kier alpha value is -3.41. The fourth-order valence-electron chi connectivity index (χ4n) is 4.15. The largest absolute Gasteiger partial charge is 0.497 e. The molecule has 2 aliphatic heterocycles. The molecule has 0 N–H and O–H groups in total. The Bertz CT molecular complexity index is 1070. The number of fused-ring (bicyclic) bond motifs is 1. The Morgan fingerprint density at radius 1 is 1.10 bits per heavy atom. The number of Topliss-reactive ketones (excluding diaryl/α,β-unsaturated/α-hetero) is 1. The number of ketones is 1. The Labute approximate surface area is 169 Å². The van der Waals surface area contributed by atoms with Crippen LogP contribution in [0.2, 0.25) is 0 Å². The summed E-state index contributed by atoms with van der Waals surface area (Å²) >= 11 is 0. The number of anilines is 1. The second-order valence-corrected chi connectivity index (χ2v) is 7.55. The number of hydrogen-bond acceptors (Lipinski definition) is 6. The highest BCUT2D eigenvalue weighted by molar-refractivity contribution is 6.00. The van der Waals surface area contributed by atoms with Gasteiger partial charge in [0.25, 0.3) is 0 Å². The van der Waals surface area contributed by atoms with Crippen LogP contribution in [-0.2, 0) is 0 Å². The minimum absolute atomic E-state index is 0.0969. The van der Waals surface area contributed by atoms with Crippen molar-refractivity contribution in [2.45, 2.75) is 18.4 Å². The first-order valence-corrected chi connectivity index (χ1v) is 9.68. The van der Waals surface area contributed by atoms with Crippen LogP contribution in [0.5, 0.6) is 11.5 Å². The highest BCUT2D eigenvalue weighted by Crippen LogP contribution is 2.41. The van der Waals surface area contributed by atoms with E-state index in [4.69, 9.17) is 9.47 Å². The molecule has 1 atom stereocenters. The molecule has 1 aromatic heterocycles. The third-order valence-electron chi connectivity index (χ3n) is 5.66. The highest BCUT2D eigenvalue weighted by Gasteiger charge is 2.46. The summed E-state index contributed by atoms with van der Waals surface area (Å²) < 4.78 is 11.6. The van der Waals surface area contributed by atoms with Crippen LogP contribution in [0.15, 0.2) is 60.9 Å². The Kier molecular flexibility index (Phi) is 4.19. The normalized spacial score (nSPS) is 20.4. The predicted molar refractivity (Wildman–Crippen MR) is 110 cm³/mol. The number of benzene rings is 2. The van der Waals surface area contributed by atoms with E-state index in [-0.39, 0.29) is 5.78 Å². The van der Waals surface area contributed by atoms with E-state index < -0.39 is 5.60 Å². The summed E-state index contributed by atoms with van der Waals surface area (Å²) in [6.45, 7) is 1.40. The topological polar surface area (TPSA) is 64.5 Å². The zero-order valence-corrected chi connectivity index (χ0v) is 16.2. The van der Waals surface area contributed by atoms with E-state index in [9.17, 15) is 4.79 Å². The van der Waals surface area contributed by atoms with Crippen molar-refractivity contribution in [3.63, 3.8) is 0 Å². The quantitative estimate of drug-likeness (QED) is 0.682. The molecule has 5 rings (SSSR count). The van der Waals surface area contributed by atoms with Gasteiger partial charge in [-0.05, 0) is 18.2 Å². The Morgan fingerprint density at radius 2 is 1.97 bits per heavy atom. The monoisotopic (exact) mass is 387 g/mol. The molecule has 0 bridgehead atoms. The number of methoxy groups -OCH3 is 1. The van der Waals surface area contributed by atoms with Gasteiger partial charge in [0.05, 0.1) is 31.3 Å². The van der Waals surface area contributed by atoms with Crippen molar-refractivity contribution in [2.75, 3.05) is 25.1 Å². The van der Waals surface area contributed by atoms with E-state index in [1.807, 2.05) is 48.5 Å². The average Bonchev–Trinajstić information content (AvgIpc) is 3.17. The van der Waals surface area contributed by atoms with Crippen LogP contribution in [0.1, 0.15) is 23.2 Å². The fourth-order valence-corrected chi connectivity index (χ4v) is 4.15. The molecule has 1 unspecified atom stereocenters. The molecule has 2 aliphatic rings. The van der Waals surface area contributed by atoms with Crippen LogP contribution in [-0.4, -0.2) is 41.6 Å². The number of nitrogens with zero attached hydrogens (tertiary/aromatic N) is 3. The van der Waals surface area contributed by atoms with Crippen LogP contribution >= 0.6 is 0 Å². The van der Waals surface area contributed by atoms with Crippen molar-refractivity contribution >= 4 is 11.6 Å². The molecule has 6 heteroatoms. The third kappa shape index (κ3) is 3.20. The fraction of sp³-hybridized carbons (Fsp3) is 0.261. The lowest BCUT2D eigenvalue weighted by Crippen LogP contribution is -2.44. The number of ether oxygens (including phenoxy) is 2. The van der Waals surface area contributed by atoms with Gasteiger partial charge in [-0.2, -0.15) is 0 Å². The van der Waals surface area contributed by atoms with Gasteiger partial charge in [0.1, 0.15) is 29.2 Å². The molecular formula is C23H21N3O3. The first kappa shape index (κ1) is 17.7. The number of carbonyl (C=O) groups excluding carboxylic acids is 1. The maximum atomic E-state index is 12.8. The first-order valence-electron chi connectivity index (χ1n) is 9.68. The van der Waals surface area contributed by atoms with Gasteiger partial charge in [0.15, 0.2) is 5.78 Å². The molecule has 3 heterocycles. The van der Waals surface area contributed by atoms with E-state index in [0.29, 0.717) is 30.0 Å². The molecule has 1 spiro atoms. The molecule has 3 aromatic rings. The summed E-state index contributed by atoms with van der Waals surface area (Å²) in [5, 5.41) is 0. The minimum Gasteiger partial charge on any atom is -0.497 e. The summed E-state index contributed by atoms with van der Waals surface area (Å²) in [6.07, 6.45) is 2.73. The number of hydrogen-bond donors (Lipinski definition) is 0. The summed E-state index contributed by atoms with van der Waals surface area (Å²) in [4.78, 5) is 23.9. The maximum Gasteiger partial charge on any atom is 0.170 e. The average molecular weight is 387 g/mol. The van der Waals surface area contributed by atoms with Crippen molar-refractivity contribution in [3.05, 3.63) is 66.5 Å². The van der Waals surface area contributed by atoms with E-state index >= 15 is 0 Å². The highest BCUT2D eigenvalue weighted by atomic mass is 16.5. The van der Waals surface area contributed by atoms with E-state index in [1.165, 1.54) is 0 Å². The molecule has 1 saturated heterocycles. The van der Waals surface area contributed by atoms with Gasteiger partial charge in [0, 0.05) is 24.6 Å². The molecule has 0 radical (unpaired) electrons. The van der Waals surface area contributed by atoms with Crippen LogP contribution in [0.3, 0.4) is 0 Å². The van der Waals surface area contributed by atoms with Gasteiger partial charge in [-0.25, -0.2) is 9.97 Å². The predicted octanol–water partition coefficient (Wildman–Crippen LogP) is 3.77. The second kappa shape index (κ2) is 6.88. The minimum atomic E-state index is -0.517. The lowest BCUT2D eigenvalue weighted by Gasteiger charge is -2.34. The molecule has 146 valence electrons. The van der Waals surface area contributed by atoms with E-state index in [0.717, 1.165) is 30.0 Å². The molecule has 0 aliphatic carbocycles. The van der Waals surface area contributed by atoms with Crippen LogP contribution < -0.4 is 14.4 Å². The van der Waals surface area contributed by atoms with Crippen LogP contribution in [0.25, 0.3) is 11.3 Å². The molecule has 29 heavy (non-hydrogen) atoms. The summed E-state index contributed by atoms with van der Waals surface area (Å²) in [7, 11) is 1.59. The van der Waals surface area contributed by atoms with Gasteiger partial charge < -0.3 is 14.4 Å². The zero-order valence-electron chi connectivity index (χ0n) is 16.2. The SMILES string of the molecule is COc1ccc2c(c1)C(=O)CC1(CCN(c3cc(-c4ccccc4)ncn3)C1)O2. The summed E-state index contributed by atoms with van der Waals surface area (Å²) in [6, 6.07) is 17.5. The van der Waals surface area contributed by atoms with Gasteiger partial charge in [-0.15, -0.1) is 0 Å². The molecule has 0 saturated carbocycles. The molecule has 6 nitrogen and oxygen atoms in total. The van der Waals surface area contributed by atoms with Crippen LogP contribution in [0.4, 0.5) is 5.82 Å². The molecular weight excluding hydrogens is 366 g/mol. The van der Waals surface area contributed by atoms with Gasteiger partial charge >= 0.3 is 0 Å². The lowest BCUT2D eigenvalue weighted by atomic mass is 9.89. The molecule has 0 amide bonds. The molecule has 2 aromatic carbocycles. The van der Waals surface area contributed by atoms with E-state index in [2.05, 4.69) is 14.9 Å². The van der Waals surface area contributed by atoms with Crippen molar-refractivity contribution < 1.29 is 14.3 Å². The number of carbonyl (C=O) groups is 1. The first-order chi connectivity index (χ1) is 14.2. The smallest absolute Gasteiger partial charge is 0.170 e. The molecule has 1 fully saturated rings. The van der Waals surface area contributed by atoms with Gasteiger partial charge in [-0.1, -0.05) is 30.3 Å². The van der Waals surface area contributed by atoms with Crippen molar-refractivity contribution in [1.82, 2.24) is 9.97 Å². The van der Waals surface area contributed by atoms with E-state index in [1.54, 1.807) is 19.5 Å². The number of aromatic nitrogens is 2. The third-order valence-corrected chi connectivity index (χ3v) is 5.66. The zero-order chi connectivity index (χ0) is 19.8. The lowest BCUT2D eigenvalue weighted by molar-refractivity contribution is 0.0537. The standard InChI is InChI=1S/C23H21N3O3/c1-28-17-7-8-21-18(11-17)20(27)13-23(29-21)9-10-26(14-23)22-12-19(24-15-25-22)16-5-3-2-4-6-16/h2-8,11-12,15H,9-10,13-14H2,1H3. The van der Waals surface area contributed by atoms with Gasteiger partial charge in [-0.3, -0.25) is 4.79 Å². The Balaban J connectivity index is 1.40. The van der Waals surface area contributed by atoms with Crippen molar-refractivity contribution in [1.29, 1.82) is 0 Å². The maximum absolute atomic E-state index is 12.8. The van der Waals surface area contributed by atoms with Crippen molar-refractivity contribution in [3.8, 4) is 22.8 Å². The Morgan fingerprint density at radius 3 is 2.79 bits per heavy atom. The number of rotatable bonds is 3. The second-order valence-electron chi connectivity index (χ2n) is 7.55. The summed E-state index contributed by atoms with van der Waals surface area (Å²) in [5.41, 5.74) is 2.02. The van der Waals surface area contributed by atoms with Crippen molar-refractivity contribution in [2.24, 2.45) is 0 Å². The van der Waals surface area contributed by atoms with Gasteiger partial charge in [0.2, 0.25) is 0 Å². The summed E-state index contributed by atoms with van der Waals surface area (Å²) in [5.74, 6) is 2.25. The van der Waals surface area contributed by atoms with Crippen LogP contribution in [0, 0.1) is 0 Å².